The highest BCUT2D eigenvalue weighted by atomic mass is 16.5. The topological polar surface area (TPSA) is 100 Å². The first-order valence-corrected chi connectivity index (χ1v) is 11.0. The second-order valence-electron chi connectivity index (χ2n) is 8.95. The maximum atomic E-state index is 13.2. The van der Waals surface area contributed by atoms with Crippen molar-refractivity contribution in [3.8, 4) is 11.3 Å². The summed E-state index contributed by atoms with van der Waals surface area (Å²) in [6.07, 6.45) is 5.54. The van der Waals surface area contributed by atoms with Crippen LogP contribution in [0.2, 0.25) is 0 Å². The predicted octanol–water partition coefficient (Wildman–Crippen LogP) is 2.14. The number of likely N-dealkylation sites (tertiary alicyclic amines) is 1. The lowest BCUT2D eigenvalue weighted by molar-refractivity contribution is -0.0728. The number of nitrogens with zero attached hydrogens (tertiary/aromatic N) is 5. The highest BCUT2D eigenvalue weighted by Gasteiger charge is 2.32. The van der Waals surface area contributed by atoms with E-state index in [4.69, 9.17) is 4.74 Å². The van der Waals surface area contributed by atoms with Crippen molar-refractivity contribution in [3.63, 3.8) is 0 Å². The molecule has 3 aromatic rings. The van der Waals surface area contributed by atoms with Crippen molar-refractivity contribution in [1.29, 1.82) is 0 Å². The summed E-state index contributed by atoms with van der Waals surface area (Å²) < 4.78 is 7.09. The van der Waals surface area contributed by atoms with E-state index in [0.29, 0.717) is 11.7 Å². The molecule has 1 unspecified atom stereocenters. The smallest absolute Gasteiger partial charge is 0.269 e. The van der Waals surface area contributed by atoms with Crippen LogP contribution in [0.4, 0.5) is 0 Å². The van der Waals surface area contributed by atoms with Gasteiger partial charge in [0.2, 0.25) is 0 Å². The van der Waals surface area contributed by atoms with E-state index in [1.165, 1.54) is 0 Å². The van der Waals surface area contributed by atoms with E-state index >= 15 is 0 Å². The number of H-pyrrole nitrogens is 1. The van der Waals surface area contributed by atoms with Gasteiger partial charge in [-0.25, -0.2) is 9.50 Å². The van der Waals surface area contributed by atoms with Crippen LogP contribution >= 0.6 is 0 Å². The number of aromatic nitrogens is 5. The van der Waals surface area contributed by atoms with E-state index in [0.717, 1.165) is 67.2 Å². The summed E-state index contributed by atoms with van der Waals surface area (Å²) in [5.41, 5.74) is 5.02. The predicted molar refractivity (Wildman–Crippen MR) is 116 cm³/mol. The number of hydrogen-bond donors (Lipinski definition) is 2. The summed E-state index contributed by atoms with van der Waals surface area (Å²) in [5.74, 6) is 0.0499. The quantitative estimate of drug-likeness (QED) is 0.652. The van der Waals surface area contributed by atoms with Crippen LogP contribution in [0.25, 0.3) is 16.9 Å². The van der Waals surface area contributed by atoms with Crippen LogP contribution in [0.1, 0.15) is 54.2 Å². The highest BCUT2D eigenvalue weighted by Crippen LogP contribution is 2.31. The Morgan fingerprint density at radius 2 is 2.19 bits per heavy atom. The normalized spacial score (nSPS) is 20.3. The van der Waals surface area contributed by atoms with Crippen molar-refractivity contribution in [2.24, 2.45) is 0 Å². The molecule has 2 N–H and O–H groups in total. The van der Waals surface area contributed by atoms with Gasteiger partial charge in [-0.3, -0.25) is 14.8 Å². The number of piperidine rings is 1. The summed E-state index contributed by atoms with van der Waals surface area (Å²) in [7, 11) is 0. The van der Waals surface area contributed by atoms with E-state index < -0.39 is 0 Å². The van der Waals surface area contributed by atoms with Crippen molar-refractivity contribution < 1.29 is 9.53 Å². The Kier molecular flexibility index (Phi) is 5.23. The summed E-state index contributed by atoms with van der Waals surface area (Å²) in [6, 6.07) is 2.69. The van der Waals surface area contributed by atoms with E-state index in [-0.39, 0.29) is 17.9 Å². The van der Waals surface area contributed by atoms with Crippen LogP contribution in [0.15, 0.2) is 18.6 Å². The molecule has 2 saturated heterocycles. The van der Waals surface area contributed by atoms with Crippen LogP contribution < -0.4 is 5.32 Å². The maximum absolute atomic E-state index is 13.2. The molecule has 0 saturated carbocycles. The van der Waals surface area contributed by atoms with Gasteiger partial charge in [0, 0.05) is 29.9 Å². The maximum Gasteiger partial charge on any atom is 0.269 e. The zero-order chi connectivity index (χ0) is 21.5. The van der Waals surface area contributed by atoms with Crippen molar-refractivity contribution >= 4 is 11.6 Å². The molecule has 3 aromatic heterocycles. The number of fused-ring (bicyclic) bond motifs is 1. The number of amides is 1. The second-order valence-corrected chi connectivity index (χ2v) is 8.95. The summed E-state index contributed by atoms with van der Waals surface area (Å²) in [4.78, 5) is 20.0. The summed E-state index contributed by atoms with van der Waals surface area (Å²) in [6.45, 7) is 9.74. The summed E-state index contributed by atoms with van der Waals surface area (Å²) in [5, 5.41) is 15.1. The molecule has 2 fully saturated rings. The number of rotatable bonds is 5. The molecular weight excluding hydrogens is 394 g/mol. The lowest BCUT2D eigenvalue weighted by atomic mass is 9.96. The van der Waals surface area contributed by atoms with Crippen molar-refractivity contribution in [2.45, 2.75) is 51.6 Å². The molecule has 0 aliphatic carbocycles. The fraction of sp³-hybridized carbons (Fsp3) is 0.545. The van der Waals surface area contributed by atoms with E-state index in [1.54, 1.807) is 10.8 Å². The monoisotopic (exact) mass is 423 g/mol. The summed E-state index contributed by atoms with van der Waals surface area (Å²) >= 11 is 0. The van der Waals surface area contributed by atoms with Gasteiger partial charge < -0.3 is 10.1 Å². The molecule has 9 nitrogen and oxygen atoms in total. The van der Waals surface area contributed by atoms with Gasteiger partial charge in [-0.05, 0) is 43.9 Å². The number of hydrogen-bond acceptors (Lipinski definition) is 6. The Labute approximate surface area is 181 Å². The van der Waals surface area contributed by atoms with Crippen molar-refractivity contribution in [2.75, 3.05) is 26.3 Å². The molecule has 9 heteroatoms. The van der Waals surface area contributed by atoms with Gasteiger partial charge in [-0.2, -0.15) is 10.2 Å². The largest absolute Gasteiger partial charge is 0.378 e. The van der Waals surface area contributed by atoms with Crippen LogP contribution in [0, 0.1) is 6.92 Å². The number of ether oxygens (including phenoxy) is 1. The van der Waals surface area contributed by atoms with Gasteiger partial charge in [0.1, 0.15) is 12.0 Å². The molecule has 0 spiro atoms. The molecule has 31 heavy (non-hydrogen) atoms. The Hall–Kier alpha value is -2.78. The van der Waals surface area contributed by atoms with Gasteiger partial charge in [0.05, 0.1) is 24.9 Å². The molecule has 5 rings (SSSR count). The average molecular weight is 424 g/mol. The lowest BCUT2D eigenvalue weighted by Gasteiger charge is -2.42. The van der Waals surface area contributed by atoms with Crippen molar-refractivity contribution in [3.05, 3.63) is 35.4 Å². The first-order chi connectivity index (χ1) is 15.0. The number of nitrogens with one attached hydrogen (secondary N) is 2. The van der Waals surface area contributed by atoms with E-state index in [1.807, 2.05) is 19.2 Å². The molecule has 0 bridgehead atoms. The molecule has 0 aromatic carbocycles. The molecule has 5 heterocycles. The number of carbonyl (C=O) groups excluding carboxylic acids is 1. The van der Waals surface area contributed by atoms with Gasteiger partial charge in [0.25, 0.3) is 5.91 Å². The number of pyridine rings is 1. The fourth-order valence-electron chi connectivity index (χ4n) is 4.68. The number of aromatic amines is 1. The molecule has 0 radical (unpaired) electrons. The van der Waals surface area contributed by atoms with Crippen LogP contribution in [-0.2, 0) is 4.74 Å². The number of aryl methyl sites for hydroxylation is 1. The van der Waals surface area contributed by atoms with Crippen LogP contribution in [0.3, 0.4) is 0 Å². The minimum absolute atomic E-state index is 0.0854. The van der Waals surface area contributed by atoms with Crippen LogP contribution in [0.5, 0.6) is 0 Å². The van der Waals surface area contributed by atoms with Crippen LogP contribution in [-0.4, -0.2) is 74.0 Å². The third kappa shape index (κ3) is 3.72. The SMILES string of the molecule is Cc1cc(-c2n[nH]c(C(=O)NC3CCCN(C4COC4)C3)c2C(C)C)cn2ncnc12. The van der Waals surface area contributed by atoms with Crippen molar-refractivity contribution in [1.82, 2.24) is 35.0 Å². The van der Waals surface area contributed by atoms with Gasteiger partial charge in [0.15, 0.2) is 5.65 Å². The number of carbonyl (C=O) groups is 1. The Morgan fingerprint density at radius 1 is 1.35 bits per heavy atom. The molecule has 1 atom stereocenters. The van der Waals surface area contributed by atoms with Gasteiger partial charge in [-0.1, -0.05) is 13.8 Å². The third-order valence-corrected chi connectivity index (χ3v) is 6.37. The lowest BCUT2D eigenvalue weighted by Crippen LogP contribution is -2.56. The van der Waals surface area contributed by atoms with E-state index in [9.17, 15) is 4.79 Å². The molecular formula is C22H29N7O2. The van der Waals surface area contributed by atoms with Gasteiger partial charge in [-0.15, -0.1) is 0 Å². The second kappa shape index (κ2) is 8.05. The first-order valence-electron chi connectivity index (χ1n) is 11.0. The zero-order valence-electron chi connectivity index (χ0n) is 18.3. The first kappa shape index (κ1) is 20.1. The third-order valence-electron chi connectivity index (χ3n) is 6.37. The minimum atomic E-state index is -0.0854. The zero-order valence-corrected chi connectivity index (χ0v) is 18.3. The Bertz CT molecular complexity index is 1100. The standard InChI is InChI=1S/C22H29N7O2/c1-13(2)18-19(15-7-14(3)21-23-12-24-29(21)8-15)26-27-20(18)22(30)25-16-5-4-6-28(9-16)17-10-31-11-17/h7-8,12-13,16-17H,4-6,9-11H2,1-3H3,(H,25,30)(H,26,27). The highest BCUT2D eigenvalue weighted by molar-refractivity contribution is 5.96. The Morgan fingerprint density at radius 3 is 2.94 bits per heavy atom. The Balaban J connectivity index is 1.40. The molecule has 2 aliphatic rings. The van der Waals surface area contributed by atoms with Gasteiger partial charge >= 0.3 is 0 Å². The minimum Gasteiger partial charge on any atom is -0.378 e. The molecule has 164 valence electrons. The fourth-order valence-corrected chi connectivity index (χ4v) is 4.68. The molecule has 1 amide bonds. The average Bonchev–Trinajstić information content (AvgIpc) is 3.34. The molecule has 2 aliphatic heterocycles. The van der Waals surface area contributed by atoms with E-state index in [2.05, 4.69) is 44.3 Å².